The molecule has 0 atom stereocenters. The monoisotopic (exact) mass is 270 g/mol. The Kier molecular flexibility index (Phi) is 4.19. The minimum atomic E-state index is -0.827. The quantitative estimate of drug-likeness (QED) is 0.769. The SMILES string of the molecule is CC(C)(C)OC(=O)NC(=O)c1cc(Cl)ccc1N. The van der Waals surface area contributed by atoms with Gasteiger partial charge in [-0.1, -0.05) is 11.6 Å². The van der Waals surface area contributed by atoms with E-state index in [4.69, 9.17) is 22.1 Å². The number of ether oxygens (including phenoxy) is 1. The van der Waals surface area contributed by atoms with Crippen molar-refractivity contribution in [1.29, 1.82) is 0 Å². The number of alkyl carbamates (subject to hydrolysis) is 1. The van der Waals surface area contributed by atoms with Gasteiger partial charge in [0.2, 0.25) is 0 Å². The van der Waals surface area contributed by atoms with E-state index in [1.54, 1.807) is 26.8 Å². The summed E-state index contributed by atoms with van der Waals surface area (Å²) in [4.78, 5) is 23.2. The highest BCUT2D eigenvalue weighted by Gasteiger charge is 2.19. The summed E-state index contributed by atoms with van der Waals surface area (Å²) >= 11 is 5.75. The highest BCUT2D eigenvalue weighted by atomic mass is 35.5. The lowest BCUT2D eigenvalue weighted by atomic mass is 10.1. The Labute approximate surface area is 110 Å². The highest BCUT2D eigenvalue weighted by molar-refractivity contribution is 6.31. The van der Waals surface area contributed by atoms with Crippen LogP contribution in [0.15, 0.2) is 18.2 Å². The van der Waals surface area contributed by atoms with E-state index in [0.29, 0.717) is 5.02 Å². The van der Waals surface area contributed by atoms with E-state index < -0.39 is 17.6 Å². The normalized spacial score (nSPS) is 10.9. The third-order valence-corrected chi connectivity index (χ3v) is 2.11. The van der Waals surface area contributed by atoms with Crippen LogP contribution >= 0.6 is 11.6 Å². The number of halogens is 1. The van der Waals surface area contributed by atoms with Gasteiger partial charge < -0.3 is 10.5 Å². The number of nitrogens with two attached hydrogens (primary N) is 1. The van der Waals surface area contributed by atoms with Crippen molar-refractivity contribution in [3.8, 4) is 0 Å². The molecule has 0 radical (unpaired) electrons. The number of carbonyl (C=O) groups excluding carboxylic acids is 2. The Morgan fingerprint density at radius 3 is 2.50 bits per heavy atom. The van der Waals surface area contributed by atoms with Gasteiger partial charge in [0.15, 0.2) is 0 Å². The largest absolute Gasteiger partial charge is 0.444 e. The van der Waals surface area contributed by atoms with Gasteiger partial charge in [0.25, 0.3) is 5.91 Å². The van der Waals surface area contributed by atoms with E-state index in [9.17, 15) is 9.59 Å². The lowest BCUT2D eigenvalue weighted by molar-refractivity contribution is 0.0508. The van der Waals surface area contributed by atoms with Gasteiger partial charge >= 0.3 is 6.09 Å². The zero-order valence-electron chi connectivity index (χ0n) is 10.4. The summed E-state index contributed by atoms with van der Waals surface area (Å²) in [6.07, 6.45) is -0.827. The van der Waals surface area contributed by atoms with Crippen LogP contribution in [0.3, 0.4) is 0 Å². The number of amides is 2. The van der Waals surface area contributed by atoms with Crippen molar-refractivity contribution in [3.05, 3.63) is 28.8 Å². The molecule has 0 heterocycles. The number of carbonyl (C=O) groups is 2. The second-order valence-corrected chi connectivity index (χ2v) is 5.12. The molecule has 0 aromatic heterocycles. The summed E-state index contributed by atoms with van der Waals surface area (Å²) in [6, 6.07) is 4.43. The van der Waals surface area contributed by atoms with Crippen LogP contribution in [0.25, 0.3) is 0 Å². The molecule has 0 bridgehead atoms. The fraction of sp³-hybridized carbons (Fsp3) is 0.333. The van der Waals surface area contributed by atoms with Crippen LogP contribution in [-0.4, -0.2) is 17.6 Å². The maximum atomic E-state index is 11.8. The molecule has 1 aromatic rings. The molecule has 3 N–H and O–H groups in total. The van der Waals surface area contributed by atoms with E-state index in [0.717, 1.165) is 0 Å². The Morgan fingerprint density at radius 1 is 1.33 bits per heavy atom. The molecular weight excluding hydrogens is 256 g/mol. The van der Waals surface area contributed by atoms with Crippen LogP contribution in [0.1, 0.15) is 31.1 Å². The average molecular weight is 271 g/mol. The molecule has 98 valence electrons. The molecule has 6 heteroatoms. The van der Waals surface area contributed by atoms with E-state index in [-0.39, 0.29) is 11.3 Å². The van der Waals surface area contributed by atoms with Gasteiger partial charge in [-0.2, -0.15) is 0 Å². The first-order valence-corrected chi connectivity index (χ1v) is 5.66. The molecular formula is C12H15ClN2O3. The molecule has 1 aromatic carbocycles. The van der Waals surface area contributed by atoms with E-state index in [1.165, 1.54) is 12.1 Å². The molecule has 0 aliphatic rings. The summed E-state index contributed by atoms with van der Waals surface area (Å²) in [6.45, 7) is 5.10. The lowest BCUT2D eigenvalue weighted by Gasteiger charge is -2.19. The van der Waals surface area contributed by atoms with Crippen molar-refractivity contribution in [1.82, 2.24) is 5.32 Å². The van der Waals surface area contributed by atoms with Gasteiger partial charge in [-0.3, -0.25) is 10.1 Å². The van der Waals surface area contributed by atoms with Crippen molar-refractivity contribution in [3.63, 3.8) is 0 Å². The smallest absolute Gasteiger partial charge is 0.414 e. The third kappa shape index (κ3) is 4.25. The van der Waals surface area contributed by atoms with Crippen molar-refractivity contribution < 1.29 is 14.3 Å². The second kappa shape index (κ2) is 5.27. The van der Waals surface area contributed by atoms with E-state index >= 15 is 0 Å². The predicted molar refractivity (Wildman–Crippen MR) is 69.6 cm³/mol. The van der Waals surface area contributed by atoms with Crippen molar-refractivity contribution in [2.24, 2.45) is 0 Å². The summed E-state index contributed by atoms with van der Waals surface area (Å²) < 4.78 is 4.96. The number of benzene rings is 1. The first-order chi connectivity index (χ1) is 8.19. The number of anilines is 1. The summed E-state index contributed by atoms with van der Waals surface area (Å²) in [5.41, 5.74) is 5.31. The van der Waals surface area contributed by atoms with Gasteiger partial charge in [-0.25, -0.2) is 4.79 Å². The summed E-state index contributed by atoms with van der Waals surface area (Å²) in [5.74, 6) is -0.649. The Morgan fingerprint density at radius 2 is 1.94 bits per heavy atom. The molecule has 0 aliphatic carbocycles. The number of hydrogen-bond acceptors (Lipinski definition) is 4. The van der Waals surface area contributed by atoms with Crippen LogP contribution in [0.2, 0.25) is 5.02 Å². The summed E-state index contributed by atoms with van der Waals surface area (Å²) in [5, 5.41) is 2.44. The maximum absolute atomic E-state index is 11.8. The van der Waals surface area contributed by atoms with Crippen molar-refractivity contribution in [2.75, 3.05) is 5.73 Å². The van der Waals surface area contributed by atoms with Crippen LogP contribution in [0, 0.1) is 0 Å². The summed E-state index contributed by atoms with van der Waals surface area (Å²) in [7, 11) is 0. The maximum Gasteiger partial charge on any atom is 0.414 e. The van der Waals surface area contributed by atoms with Gasteiger partial charge in [0.05, 0.1) is 5.56 Å². The van der Waals surface area contributed by atoms with Crippen molar-refractivity contribution >= 4 is 29.3 Å². The number of imide groups is 1. The van der Waals surface area contributed by atoms with E-state index in [2.05, 4.69) is 5.32 Å². The zero-order valence-corrected chi connectivity index (χ0v) is 11.2. The van der Waals surface area contributed by atoms with Gasteiger partial charge in [-0.05, 0) is 39.0 Å². The lowest BCUT2D eigenvalue weighted by Crippen LogP contribution is -2.36. The fourth-order valence-electron chi connectivity index (χ4n) is 1.19. The third-order valence-electron chi connectivity index (χ3n) is 1.87. The molecule has 1 rings (SSSR count). The molecule has 0 saturated heterocycles. The van der Waals surface area contributed by atoms with Gasteiger partial charge in [0, 0.05) is 10.7 Å². The Bertz CT molecular complexity index is 481. The van der Waals surface area contributed by atoms with E-state index in [1.807, 2.05) is 0 Å². The van der Waals surface area contributed by atoms with Crippen LogP contribution < -0.4 is 11.1 Å². The standard InChI is InChI=1S/C12H15ClN2O3/c1-12(2,3)18-11(17)15-10(16)8-6-7(13)4-5-9(8)14/h4-6H,14H2,1-3H3,(H,15,16,17). The Balaban J connectivity index is 2.77. The fourth-order valence-corrected chi connectivity index (χ4v) is 1.36. The molecule has 0 saturated carbocycles. The number of hydrogen-bond donors (Lipinski definition) is 2. The molecule has 5 nitrogen and oxygen atoms in total. The number of rotatable bonds is 1. The van der Waals surface area contributed by atoms with Crippen molar-refractivity contribution in [2.45, 2.75) is 26.4 Å². The second-order valence-electron chi connectivity index (χ2n) is 4.69. The minimum Gasteiger partial charge on any atom is -0.444 e. The topological polar surface area (TPSA) is 81.4 Å². The zero-order chi connectivity index (χ0) is 13.9. The molecule has 18 heavy (non-hydrogen) atoms. The van der Waals surface area contributed by atoms with Gasteiger partial charge in [0.1, 0.15) is 5.60 Å². The molecule has 0 fully saturated rings. The first-order valence-electron chi connectivity index (χ1n) is 5.28. The highest BCUT2D eigenvalue weighted by Crippen LogP contribution is 2.17. The molecule has 0 aliphatic heterocycles. The number of nitrogen functional groups attached to an aromatic ring is 1. The number of nitrogens with one attached hydrogen (secondary N) is 1. The Hall–Kier alpha value is -1.75. The molecule has 0 unspecified atom stereocenters. The molecule has 2 amide bonds. The van der Waals surface area contributed by atoms with Crippen LogP contribution in [-0.2, 0) is 4.74 Å². The first kappa shape index (κ1) is 14.3. The average Bonchev–Trinajstić information content (AvgIpc) is 2.18. The molecule has 0 spiro atoms. The van der Waals surface area contributed by atoms with Gasteiger partial charge in [-0.15, -0.1) is 0 Å². The van der Waals surface area contributed by atoms with Crippen LogP contribution in [0.4, 0.5) is 10.5 Å². The van der Waals surface area contributed by atoms with Crippen LogP contribution in [0.5, 0.6) is 0 Å². The predicted octanol–water partition coefficient (Wildman–Crippen LogP) is 2.59. The minimum absolute atomic E-state index is 0.133.